The number of rotatable bonds is 8. The van der Waals surface area contributed by atoms with Crippen LogP contribution in [0.2, 0.25) is 0 Å². The Morgan fingerprint density at radius 2 is 1.87 bits per heavy atom. The van der Waals surface area contributed by atoms with Gasteiger partial charge in [-0.2, -0.15) is 0 Å². The predicted octanol–water partition coefficient (Wildman–Crippen LogP) is -0.966. The molecular formula is C9H19N3O3. The fourth-order valence-corrected chi connectivity index (χ4v) is 1.15. The first-order valence-electron chi connectivity index (χ1n) is 5.04. The number of hydrogen-bond acceptors (Lipinski definition) is 4. The molecule has 6 N–H and O–H groups in total. The molecule has 0 aliphatic carbocycles. The van der Waals surface area contributed by atoms with Crippen LogP contribution in [0.1, 0.15) is 25.7 Å². The summed E-state index contributed by atoms with van der Waals surface area (Å²) in [6.07, 6.45) is 2.01. The number of carboxylic acid groups (broad SMARTS) is 1. The van der Waals surface area contributed by atoms with E-state index in [1.165, 1.54) is 0 Å². The normalized spacial score (nSPS) is 12.1. The second-order valence-corrected chi connectivity index (χ2v) is 3.28. The molecule has 0 aliphatic rings. The molecular weight excluding hydrogens is 198 g/mol. The smallest absolute Gasteiger partial charge is 0.326 e. The lowest BCUT2D eigenvalue weighted by molar-refractivity contribution is -0.142. The standard InChI is InChI=1S/C9H19N3O3/c10-5-2-1-3-7(9(14)15)12-8(13)4-6-11/h7H,1-6,10-11H2,(H,12,13)(H,14,15). The molecule has 1 amide bonds. The van der Waals surface area contributed by atoms with Gasteiger partial charge in [0.25, 0.3) is 0 Å². The van der Waals surface area contributed by atoms with Crippen LogP contribution in [0.15, 0.2) is 0 Å². The molecule has 88 valence electrons. The van der Waals surface area contributed by atoms with E-state index in [0.717, 1.165) is 6.42 Å². The minimum Gasteiger partial charge on any atom is -0.480 e. The van der Waals surface area contributed by atoms with Crippen molar-refractivity contribution in [3.63, 3.8) is 0 Å². The highest BCUT2D eigenvalue weighted by molar-refractivity contribution is 5.83. The van der Waals surface area contributed by atoms with Crippen LogP contribution in [-0.4, -0.2) is 36.1 Å². The van der Waals surface area contributed by atoms with Gasteiger partial charge >= 0.3 is 5.97 Å². The molecule has 0 spiro atoms. The Bertz CT molecular complexity index is 209. The molecule has 0 heterocycles. The molecule has 1 atom stereocenters. The van der Waals surface area contributed by atoms with E-state index in [1.54, 1.807) is 0 Å². The quantitative estimate of drug-likeness (QED) is 0.390. The van der Waals surface area contributed by atoms with Gasteiger partial charge in [-0.1, -0.05) is 0 Å². The molecule has 1 unspecified atom stereocenters. The van der Waals surface area contributed by atoms with Crippen molar-refractivity contribution in [3.05, 3.63) is 0 Å². The summed E-state index contributed by atoms with van der Waals surface area (Å²) in [4.78, 5) is 21.9. The van der Waals surface area contributed by atoms with Gasteiger partial charge in [0, 0.05) is 13.0 Å². The molecule has 0 saturated heterocycles. The van der Waals surface area contributed by atoms with Gasteiger partial charge in [0.05, 0.1) is 0 Å². The van der Waals surface area contributed by atoms with Crippen LogP contribution in [0.4, 0.5) is 0 Å². The van der Waals surface area contributed by atoms with Gasteiger partial charge in [0.15, 0.2) is 0 Å². The van der Waals surface area contributed by atoms with Crippen molar-refractivity contribution in [1.82, 2.24) is 5.32 Å². The highest BCUT2D eigenvalue weighted by Crippen LogP contribution is 2.00. The van der Waals surface area contributed by atoms with E-state index in [0.29, 0.717) is 19.4 Å². The third-order valence-corrected chi connectivity index (χ3v) is 1.95. The lowest BCUT2D eigenvalue weighted by Gasteiger charge is -2.13. The number of carbonyl (C=O) groups is 2. The fraction of sp³-hybridized carbons (Fsp3) is 0.778. The predicted molar refractivity (Wildman–Crippen MR) is 56.1 cm³/mol. The molecule has 0 saturated carbocycles. The largest absolute Gasteiger partial charge is 0.480 e. The topological polar surface area (TPSA) is 118 Å². The average Bonchev–Trinajstić information content (AvgIpc) is 2.16. The Hall–Kier alpha value is -1.14. The third kappa shape index (κ3) is 6.87. The monoisotopic (exact) mass is 217 g/mol. The van der Waals surface area contributed by atoms with E-state index >= 15 is 0 Å². The number of unbranched alkanes of at least 4 members (excludes halogenated alkanes) is 1. The first kappa shape index (κ1) is 13.9. The van der Waals surface area contributed by atoms with Crippen molar-refractivity contribution in [3.8, 4) is 0 Å². The lowest BCUT2D eigenvalue weighted by atomic mass is 10.1. The highest BCUT2D eigenvalue weighted by atomic mass is 16.4. The van der Waals surface area contributed by atoms with Crippen LogP contribution in [0.25, 0.3) is 0 Å². The van der Waals surface area contributed by atoms with Crippen molar-refractivity contribution in [2.24, 2.45) is 11.5 Å². The van der Waals surface area contributed by atoms with E-state index < -0.39 is 12.0 Å². The van der Waals surface area contributed by atoms with Crippen LogP contribution in [0.5, 0.6) is 0 Å². The Morgan fingerprint density at radius 1 is 1.20 bits per heavy atom. The van der Waals surface area contributed by atoms with Crippen LogP contribution < -0.4 is 16.8 Å². The Morgan fingerprint density at radius 3 is 2.33 bits per heavy atom. The maximum absolute atomic E-state index is 11.1. The van der Waals surface area contributed by atoms with Crippen molar-refractivity contribution < 1.29 is 14.7 Å². The first-order chi connectivity index (χ1) is 7.11. The lowest BCUT2D eigenvalue weighted by Crippen LogP contribution is -2.41. The van der Waals surface area contributed by atoms with Gasteiger partial charge in [-0.25, -0.2) is 4.79 Å². The van der Waals surface area contributed by atoms with Crippen molar-refractivity contribution in [2.75, 3.05) is 13.1 Å². The molecule has 15 heavy (non-hydrogen) atoms. The number of hydrogen-bond donors (Lipinski definition) is 4. The van der Waals surface area contributed by atoms with Gasteiger partial charge in [0.2, 0.25) is 5.91 Å². The summed E-state index contributed by atoms with van der Waals surface area (Å²) in [5, 5.41) is 11.2. The molecule has 0 bridgehead atoms. The maximum Gasteiger partial charge on any atom is 0.326 e. The molecule has 0 aromatic carbocycles. The zero-order chi connectivity index (χ0) is 11.7. The van der Waals surface area contributed by atoms with Crippen molar-refractivity contribution in [1.29, 1.82) is 0 Å². The summed E-state index contributed by atoms with van der Waals surface area (Å²) in [6.45, 7) is 0.754. The molecule has 0 rings (SSSR count). The Labute approximate surface area is 89.0 Å². The van der Waals surface area contributed by atoms with Gasteiger partial charge in [-0.15, -0.1) is 0 Å². The van der Waals surface area contributed by atoms with Crippen LogP contribution in [0.3, 0.4) is 0 Å². The third-order valence-electron chi connectivity index (χ3n) is 1.95. The summed E-state index contributed by atoms with van der Waals surface area (Å²) < 4.78 is 0. The van der Waals surface area contributed by atoms with Crippen molar-refractivity contribution in [2.45, 2.75) is 31.7 Å². The number of nitrogens with two attached hydrogens (primary N) is 2. The fourth-order valence-electron chi connectivity index (χ4n) is 1.15. The van der Waals surface area contributed by atoms with E-state index in [9.17, 15) is 9.59 Å². The zero-order valence-corrected chi connectivity index (χ0v) is 8.74. The van der Waals surface area contributed by atoms with E-state index in [2.05, 4.69) is 5.32 Å². The maximum atomic E-state index is 11.1. The van der Waals surface area contributed by atoms with Crippen LogP contribution in [-0.2, 0) is 9.59 Å². The van der Waals surface area contributed by atoms with Gasteiger partial charge in [-0.05, 0) is 25.8 Å². The number of nitrogens with one attached hydrogen (secondary N) is 1. The first-order valence-corrected chi connectivity index (χ1v) is 5.04. The molecule has 6 heteroatoms. The summed E-state index contributed by atoms with van der Waals surface area (Å²) in [5.41, 5.74) is 10.5. The Kier molecular flexibility index (Phi) is 7.57. The molecule has 0 aromatic rings. The van der Waals surface area contributed by atoms with E-state index in [4.69, 9.17) is 16.6 Å². The van der Waals surface area contributed by atoms with E-state index in [1.807, 2.05) is 0 Å². The minimum absolute atomic E-state index is 0.153. The second-order valence-electron chi connectivity index (χ2n) is 3.28. The number of carboxylic acids is 1. The summed E-state index contributed by atoms with van der Waals surface area (Å²) in [6, 6.07) is -0.824. The van der Waals surface area contributed by atoms with E-state index in [-0.39, 0.29) is 18.9 Å². The number of carbonyl (C=O) groups excluding carboxylic acids is 1. The van der Waals surface area contributed by atoms with Gasteiger partial charge < -0.3 is 21.9 Å². The minimum atomic E-state index is -1.02. The van der Waals surface area contributed by atoms with Gasteiger partial charge in [0.1, 0.15) is 6.04 Å². The number of amides is 1. The van der Waals surface area contributed by atoms with Gasteiger partial charge in [-0.3, -0.25) is 4.79 Å². The average molecular weight is 217 g/mol. The molecule has 0 aromatic heterocycles. The Balaban J connectivity index is 3.93. The summed E-state index contributed by atoms with van der Waals surface area (Å²) >= 11 is 0. The van der Waals surface area contributed by atoms with Crippen LogP contribution >= 0.6 is 0 Å². The summed E-state index contributed by atoms with van der Waals surface area (Å²) in [5.74, 6) is -1.34. The van der Waals surface area contributed by atoms with Crippen LogP contribution in [0, 0.1) is 0 Å². The highest BCUT2D eigenvalue weighted by Gasteiger charge is 2.18. The molecule has 0 fully saturated rings. The SMILES string of the molecule is NCCCCC(NC(=O)CCN)C(=O)O. The second kappa shape index (κ2) is 8.19. The molecule has 6 nitrogen and oxygen atoms in total. The zero-order valence-electron chi connectivity index (χ0n) is 8.74. The summed E-state index contributed by atoms with van der Waals surface area (Å²) in [7, 11) is 0. The molecule has 0 aliphatic heterocycles. The van der Waals surface area contributed by atoms with Crippen molar-refractivity contribution >= 4 is 11.9 Å². The number of aliphatic carboxylic acids is 1. The molecule has 0 radical (unpaired) electrons.